The van der Waals surface area contributed by atoms with E-state index in [1.165, 1.54) is 0 Å². The van der Waals surface area contributed by atoms with Crippen molar-refractivity contribution in [1.82, 2.24) is 5.32 Å². The lowest BCUT2D eigenvalue weighted by Gasteiger charge is -2.37. The summed E-state index contributed by atoms with van der Waals surface area (Å²) in [5.41, 5.74) is 4.48. The monoisotopic (exact) mass is 284 g/mol. The Bertz CT molecular complexity index is 370. The molecule has 3 N–H and O–H groups in total. The van der Waals surface area contributed by atoms with E-state index < -0.39 is 17.8 Å². The van der Waals surface area contributed by atoms with E-state index in [2.05, 4.69) is 11.9 Å². The van der Waals surface area contributed by atoms with Gasteiger partial charge in [-0.05, 0) is 46.0 Å². The Labute approximate surface area is 119 Å². The van der Waals surface area contributed by atoms with Crippen LogP contribution in [0.4, 0.5) is 9.59 Å². The highest BCUT2D eigenvalue weighted by Gasteiger charge is 2.33. The maximum atomic E-state index is 11.6. The fourth-order valence-electron chi connectivity index (χ4n) is 2.19. The summed E-state index contributed by atoms with van der Waals surface area (Å²) in [6.07, 6.45) is 2.38. The van der Waals surface area contributed by atoms with Crippen molar-refractivity contribution < 1.29 is 19.1 Å². The minimum absolute atomic E-state index is 0.119. The van der Waals surface area contributed by atoms with E-state index in [4.69, 9.17) is 15.2 Å². The second-order valence-electron chi connectivity index (χ2n) is 6.13. The summed E-state index contributed by atoms with van der Waals surface area (Å²) >= 11 is 0. The van der Waals surface area contributed by atoms with E-state index in [-0.39, 0.29) is 12.1 Å². The van der Waals surface area contributed by atoms with Crippen molar-refractivity contribution in [3.63, 3.8) is 0 Å². The van der Waals surface area contributed by atoms with Crippen LogP contribution in [0.2, 0.25) is 0 Å². The van der Waals surface area contributed by atoms with Crippen molar-refractivity contribution in [2.45, 2.75) is 57.8 Å². The van der Waals surface area contributed by atoms with Crippen LogP contribution < -0.4 is 11.1 Å². The minimum Gasteiger partial charge on any atom is -0.444 e. The Hall–Kier alpha value is -1.72. The number of alkyl carbamates (subject to hydrolysis) is 1. The number of rotatable bonds is 5. The number of carbonyl (C=O) groups is 2. The van der Waals surface area contributed by atoms with Gasteiger partial charge in [0.2, 0.25) is 0 Å². The number of hydrogen-bond acceptors (Lipinski definition) is 4. The van der Waals surface area contributed by atoms with Gasteiger partial charge in [-0.25, -0.2) is 9.59 Å². The molecule has 0 bridgehead atoms. The molecule has 6 nitrogen and oxygen atoms in total. The molecule has 2 amide bonds. The average Bonchev–Trinajstić information content (AvgIpc) is 2.21. The SMILES string of the molecule is C=C[C@@H](CC1CC(NC(=O)OC(C)(C)C)C1)OC(N)=O. The predicted octanol–water partition coefficient (Wildman–Crippen LogP) is 2.33. The fourth-order valence-corrected chi connectivity index (χ4v) is 2.19. The summed E-state index contributed by atoms with van der Waals surface area (Å²) in [5, 5.41) is 2.82. The highest BCUT2D eigenvalue weighted by atomic mass is 16.6. The fraction of sp³-hybridized carbons (Fsp3) is 0.714. The number of nitrogens with two attached hydrogens (primary N) is 1. The highest BCUT2D eigenvalue weighted by Crippen LogP contribution is 2.32. The molecule has 1 aliphatic carbocycles. The molecule has 0 aromatic heterocycles. The molecule has 0 aromatic rings. The molecule has 0 aromatic carbocycles. The maximum absolute atomic E-state index is 11.6. The van der Waals surface area contributed by atoms with Crippen molar-refractivity contribution in [1.29, 1.82) is 0 Å². The Morgan fingerprint density at radius 3 is 2.50 bits per heavy atom. The normalized spacial score (nSPS) is 23.1. The van der Waals surface area contributed by atoms with Crippen LogP contribution in [0.5, 0.6) is 0 Å². The van der Waals surface area contributed by atoms with Crippen LogP contribution in [0, 0.1) is 5.92 Å². The summed E-state index contributed by atoms with van der Waals surface area (Å²) < 4.78 is 10.1. The van der Waals surface area contributed by atoms with Gasteiger partial charge in [-0.15, -0.1) is 0 Å². The lowest BCUT2D eigenvalue weighted by molar-refractivity contribution is 0.0427. The molecule has 20 heavy (non-hydrogen) atoms. The molecule has 0 radical (unpaired) electrons. The van der Waals surface area contributed by atoms with Crippen LogP contribution >= 0.6 is 0 Å². The predicted molar refractivity (Wildman–Crippen MR) is 75.2 cm³/mol. The first-order chi connectivity index (χ1) is 9.19. The van der Waals surface area contributed by atoms with E-state index in [0.29, 0.717) is 12.3 Å². The topological polar surface area (TPSA) is 90.7 Å². The van der Waals surface area contributed by atoms with Gasteiger partial charge >= 0.3 is 12.2 Å². The van der Waals surface area contributed by atoms with Gasteiger partial charge in [0.1, 0.15) is 11.7 Å². The first-order valence-corrected chi connectivity index (χ1v) is 6.77. The lowest BCUT2D eigenvalue weighted by Crippen LogP contribution is -2.47. The smallest absolute Gasteiger partial charge is 0.407 e. The molecule has 0 saturated heterocycles. The third-order valence-electron chi connectivity index (χ3n) is 3.05. The molecule has 6 heteroatoms. The molecule has 1 aliphatic rings. The molecule has 0 heterocycles. The van der Waals surface area contributed by atoms with E-state index in [1.54, 1.807) is 6.08 Å². The van der Waals surface area contributed by atoms with Gasteiger partial charge in [-0.2, -0.15) is 0 Å². The molecule has 1 atom stereocenters. The van der Waals surface area contributed by atoms with Crippen molar-refractivity contribution in [2.24, 2.45) is 11.7 Å². The van der Waals surface area contributed by atoms with Gasteiger partial charge in [0.25, 0.3) is 0 Å². The molecule has 0 unspecified atom stereocenters. The maximum Gasteiger partial charge on any atom is 0.407 e. The van der Waals surface area contributed by atoms with E-state index >= 15 is 0 Å². The number of ether oxygens (including phenoxy) is 2. The molecule has 1 saturated carbocycles. The first-order valence-electron chi connectivity index (χ1n) is 6.77. The number of hydrogen-bond donors (Lipinski definition) is 2. The van der Waals surface area contributed by atoms with Gasteiger partial charge in [0.15, 0.2) is 0 Å². The standard InChI is InChI=1S/C14H24N2O4/c1-5-11(19-12(15)17)8-9-6-10(7-9)16-13(18)20-14(2,3)4/h5,9-11H,1,6-8H2,2-4H3,(H2,15,17)(H,16,18)/t9?,10?,11-/m0/s1. The Morgan fingerprint density at radius 2 is 2.05 bits per heavy atom. The average molecular weight is 284 g/mol. The van der Waals surface area contributed by atoms with Crippen LogP contribution in [0.25, 0.3) is 0 Å². The van der Waals surface area contributed by atoms with Crippen molar-refractivity contribution >= 4 is 12.2 Å². The molecular formula is C14H24N2O4. The zero-order valence-corrected chi connectivity index (χ0v) is 12.3. The highest BCUT2D eigenvalue weighted by molar-refractivity contribution is 5.68. The molecule has 114 valence electrons. The summed E-state index contributed by atoms with van der Waals surface area (Å²) in [4.78, 5) is 22.2. The molecule has 0 spiro atoms. The summed E-state index contributed by atoms with van der Waals surface area (Å²) in [5.74, 6) is 0.386. The number of amides is 2. The van der Waals surface area contributed by atoms with E-state index in [1.807, 2.05) is 20.8 Å². The largest absolute Gasteiger partial charge is 0.444 e. The van der Waals surface area contributed by atoms with E-state index in [9.17, 15) is 9.59 Å². The van der Waals surface area contributed by atoms with Crippen molar-refractivity contribution in [3.05, 3.63) is 12.7 Å². The van der Waals surface area contributed by atoms with Gasteiger partial charge < -0.3 is 20.5 Å². The number of primary amides is 1. The van der Waals surface area contributed by atoms with Gasteiger partial charge in [0.05, 0.1) is 0 Å². The third-order valence-corrected chi connectivity index (χ3v) is 3.05. The van der Waals surface area contributed by atoms with Crippen molar-refractivity contribution in [3.8, 4) is 0 Å². The second-order valence-corrected chi connectivity index (χ2v) is 6.13. The number of carbonyl (C=O) groups excluding carboxylic acids is 2. The van der Waals surface area contributed by atoms with Crippen molar-refractivity contribution in [2.75, 3.05) is 0 Å². The third kappa shape index (κ3) is 5.95. The second kappa shape index (κ2) is 6.63. The van der Waals surface area contributed by atoms with Crippen LogP contribution in [0.1, 0.15) is 40.0 Å². The van der Waals surface area contributed by atoms with Crippen LogP contribution in [0.3, 0.4) is 0 Å². The van der Waals surface area contributed by atoms with E-state index in [0.717, 1.165) is 12.8 Å². The minimum atomic E-state index is -0.794. The zero-order chi connectivity index (χ0) is 15.3. The van der Waals surface area contributed by atoms with Crippen LogP contribution in [0.15, 0.2) is 12.7 Å². The lowest BCUT2D eigenvalue weighted by atomic mass is 9.77. The summed E-state index contributed by atoms with van der Waals surface area (Å²) in [6, 6.07) is 0.119. The first kappa shape index (κ1) is 16.3. The van der Waals surface area contributed by atoms with Crippen LogP contribution in [-0.4, -0.2) is 29.9 Å². The molecular weight excluding hydrogens is 260 g/mol. The molecule has 1 rings (SSSR count). The molecule has 1 fully saturated rings. The Balaban J connectivity index is 2.24. The molecule has 0 aliphatic heterocycles. The Morgan fingerprint density at radius 1 is 1.45 bits per heavy atom. The van der Waals surface area contributed by atoms with Gasteiger partial charge in [-0.3, -0.25) is 0 Å². The quantitative estimate of drug-likeness (QED) is 0.758. The van der Waals surface area contributed by atoms with Gasteiger partial charge in [0, 0.05) is 6.04 Å². The summed E-state index contributed by atoms with van der Waals surface area (Å²) in [6.45, 7) is 9.09. The Kier molecular flexibility index (Phi) is 5.42. The van der Waals surface area contributed by atoms with Crippen LogP contribution in [-0.2, 0) is 9.47 Å². The van der Waals surface area contributed by atoms with Gasteiger partial charge in [-0.1, -0.05) is 12.7 Å². The zero-order valence-electron chi connectivity index (χ0n) is 12.3. The number of nitrogens with one attached hydrogen (secondary N) is 1. The summed E-state index contributed by atoms with van der Waals surface area (Å²) in [7, 11) is 0.